The molecule has 0 spiro atoms. The zero-order valence-electron chi connectivity index (χ0n) is 17.2. The molecule has 3 N–H and O–H groups in total. The smallest absolute Gasteiger partial charge is 0.422 e. The number of imidazole rings is 1. The number of hydrogen-bond donors (Lipinski definition) is 3. The third-order valence-electron chi connectivity index (χ3n) is 4.61. The number of fused-ring (bicyclic) bond motifs is 1. The molecule has 13 heteroatoms. The van der Waals surface area contributed by atoms with Gasteiger partial charge >= 0.3 is 6.18 Å². The van der Waals surface area contributed by atoms with Crippen LogP contribution < -0.4 is 15.4 Å². The van der Waals surface area contributed by atoms with Gasteiger partial charge in [0.15, 0.2) is 6.61 Å². The molecule has 0 aliphatic carbocycles. The number of amides is 1. The van der Waals surface area contributed by atoms with Gasteiger partial charge in [0.2, 0.25) is 5.95 Å². The second-order valence-corrected chi connectivity index (χ2v) is 8.86. The van der Waals surface area contributed by atoms with E-state index in [-0.39, 0.29) is 44.0 Å². The monoisotopic (exact) mass is 590 g/mol. The Morgan fingerprint density at radius 2 is 1.83 bits per heavy atom. The maximum absolute atomic E-state index is 14.2. The molecule has 0 atom stereocenters. The van der Waals surface area contributed by atoms with Crippen molar-refractivity contribution in [2.24, 2.45) is 0 Å². The average Bonchev–Trinajstić information content (AvgIpc) is 3.19. The van der Waals surface area contributed by atoms with Crippen molar-refractivity contribution in [1.29, 1.82) is 0 Å². The Hall–Kier alpha value is -3.02. The molecule has 0 saturated carbocycles. The van der Waals surface area contributed by atoms with Gasteiger partial charge in [0.1, 0.15) is 11.6 Å². The van der Waals surface area contributed by atoms with Crippen LogP contribution in [0.15, 0.2) is 53.0 Å². The number of carbonyl (C=O) groups is 1. The third-order valence-corrected chi connectivity index (χ3v) is 5.94. The molecule has 35 heavy (non-hydrogen) atoms. The summed E-state index contributed by atoms with van der Waals surface area (Å²) in [5.74, 6) is -1.74. The fourth-order valence-electron chi connectivity index (χ4n) is 3.05. The molecule has 0 aliphatic heterocycles. The summed E-state index contributed by atoms with van der Waals surface area (Å²) in [7, 11) is 0. The number of halogens is 7. The Kier molecular flexibility index (Phi) is 7.11. The van der Waals surface area contributed by atoms with Gasteiger partial charge in [-0.05, 0) is 42.5 Å². The Balaban J connectivity index is 1.70. The van der Waals surface area contributed by atoms with Crippen LogP contribution in [-0.2, 0) is 0 Å². The van der Waals surface area contributed by atoms with Crippen LogP contribution in [0.25, 0.3) is 11.0 Å². The van der Waals surface area contributed by atoms with Crippen LogP contribution in [0.5, 0.6) is 5.75 Å². The lowest BCUT2D eigenvalue weighted by Crippen LogP contribution is -2.21. The third kappa shape index (κ3) is 5.98. The minimum absolute atomic E-state index is 0.00954. The topological polar surface area (TPSA) is 79.0 Å². The number of nitrogens with one attached hydrogen (secondary N) is 3. The van der Waals surface area contributed by atoms with Crippen LogP contribution in [0.4, 0.5) is 34.9 Å². The van der Waals surface area contributed by atoms with Gasteiger partial charge in [-0.1, -0.05) is 39.1 Å². The van der Waals surface area contributed by atoms with Crippen molar-refractivity contribution < 1.29 is 27.1 Å². The molecule has 3 aromatic carbocycles. The number of H-pyrrole nitrogens is 1. The van der Waals surface area contributed by atoms with Gasteiger partial charge in [-0.25, -0.2) is 9.37 Å². The zero-order valence-corrected chi connectivity index (χ0v) is 20.3. The van der Waals surface area contributed by atoms with Gasteiger partial charge in [-0.3, -0.25) is 4.79 Å². The van der Waals surface area contributed by atoms with Crippen LogP contribution in [0, 0.1) is 5.82 Å². The first-order valence-electron chi connectivity index (χ1n) is 9.71. The first-order chi connectivity index (χ1) is 16.5. The largest absolute Gasteiger partial charge is 0.483 e. The highest BCUT2D eigenvalue weighted by atomic mass is 79.9. The summed E-state index contributed by atoms with van der Waals surface area (Å²) in [5.41, 5.74) is 0.514. The van der Waals surface area contributed by atoms with Crippen molar-refractivity contribution >= 4 is 73.4 Å². The number of nitrogens with zero attached hydrogens (tertiary/aromatic N) is 1. The molecule has 0 fully saturated rings. The molecule has 6 nitrogen and oxygen atoms in total. The highest BCUT2D eigenvalue weighted by Gasteiger charge is 2.29. The summed E-state index contributed by atoms with van der Waals surface area (Å²) in [6, 6.07) is 11.4. The van der Waals surface area contributed by atoms with E-state index >= 15 is 0 Å². The van der Waals surface area contributed by atoms with E-state index < -0.39 is 24.5 Å². The van der Waals surface area contributed by atoms with Crippen molar-refractivity contribution in [3.8, 4) is 5.75 Å². The predicted octanol–water partition coefficient (Wildman–Crippen LogP) is 7.71. The standard InChI is InChI=1S/C22H13BrCl2F4N4O2/c23-10-1-3-11(4-2-10)30-20(34)12-7-15-16(8-17(12)35-9-22(27,28)29)32-21(31-15)33-19-14(26)6-5-13(24)18(19)25/h1-8H,9H2,(H,30,34)(H2,31,32,33). The molecule has 0 saturated heterocycles. The Labute approximate surface area is 213 Å². The lowest BCUT2D eigenvalue weighted by Gasteiger charge is -2.13. The fourth-order valence-corrected chi connectivity index (χ4v) is 3.67. The lowest BCUT2D eigenvalue weighted by atomic mass is 10.1. The maximum Gasteiger partial charge on any atom is 0.422 e. The molecular weight excluding hydrogens is 579 g/mol. The fraction of sp³-hybridized carbons (Fsp3) is 0.0909. The number of aromatic amines is 1. The predicted molar refractivity (Wildman–Crippen MR) is 129 cm³/mol. The molecule has 4 aromatic rings. The van der Waals surface area contributed by atoms with E-state index in [1.165, 1.54) is 18.2 Å². The number of rotatable bonds is 6. The van der Waals surface area contributed by atoms with Crippen LogP contribution in [-0.4, -0.2) is 28.7 Å². The van der Waals surface area contributed by atoms with Crippen LogP contribution in [0.3, 0.4) is 0 Å². The van der Waals surface area contributed by atoms with Crippen molar-refractivity contribution in [2.45, 2.75) is 6.18 Å². The molecule has 0 bridgehead atoms. The molecule has 182 valence electrons. The van der Waals surface area contributed by atoms with Gasteiger partial charge in [0, 0.05) is 16.2 Å². The van der Waals surface area contributed by atoms with E-state index in [1.54, 1.807) is 24.3 Å². The molecule has 1 heterocycles. The minimum Gasteiger partial charge on any atom is -0.483 e. The summed E-state index contributed by atoms with van der Waals surface area (Å²) in [4.78, 5) is 19.9. The van der Waals surface area contributed by atoms with E-state index in [0.717, 1.165) is 10.5 Å². The van der Waals surface area contributed by atoms with Gasteiger partial charge < -0.3 is 20.4 Å². The summed E-state index contributed by atoms with van der Waals surface area (Å²) >= 11 is 15.3. The van der Waals surface area contributed by atoms with Crippen LogP contribution >= 0.6 is 39.1 Å². The van der Waals surface area contributed by atoms with E-state index in [2.05, 4.69) is 36.5 Å². The lowest BCUT2D eigenvalue weighted by molar-refractivity contribution is -0.153. The van der Waals surface area contributed by atoms with E-state index in [0.29, 0.717) is 5.69 Å². The summed E-state index contributed by atoms with van der Waals surface area (Å²) in [6.45, 7) is -1.62. The Morgan fingerprint density at radius 3 is 2.51 bits per heavy atom. The molecule has 1 amide bonds. The van der Waals surface area contributed by atoms with Gasteiger partial charge in [0.25, 0.3) is 5.91 Å². The first-order valence-corrected chi connectivity index (χ1v) is 11.3. The highest BCUT2D eigenvalue weighted by Crippen LogP contribution is 2.35. The second-order valence-electron chi connectivity index (χ2n) is 7.16. The van der Waals surface area contributed by atoms with Gasteiger partial charge in [0.05, 0.1) is 32.3 Å². The molecule has 0 aliphatic rings. The number of aromatic nitrogens is 2. The normalized spacial score (nSPS) is 11.5. The second kappa shape index (κ2) is 9.92. The zero-order chi connectivity index (χ0) is 25.3. The SMILES string of the molecule is O=C(Nc1ccc(Br)cc1)c1cc2[nH]c(Nc3c(F)ccc(Cl)c3Cl)nc2cc1OCC(F)(F)F. The van der Waals surface area contributed by atoms with Crippen molar-refractivity contribution in [1.82, 2.24) is 9.97 Å². The van der Waals surface area contributed by atoms with E-state index in [9.17, 15) is 22.4 Å². The van der Waals surface area contributed by atoms with Crippen molar-refractivity contribution in [3.63, 3.8) is 0 Å². The number of anilines is 3. The highest BCUT2D eigenvalue weighted by molar-refractivity contribution is 9.10. The van der Waals surface area contributed by atoms with Crippen molar-refractivity contribution in [2.75, 3.05) is 17.2 Å². The molecule has 0 radical (unpaired) electrons. The van der Waals surface area contributed by atoms with E-state index in [4.69, 9.17) is 27.9 Å². The summed E-state index contributed by atoms with van der Waals surface area (Å²) in [6.07, 6.45) is -4.63. The Bertz CT molecular complexity index is 1410. The molecule has 0 unspecified atom stereocenters. The van der Waals surface area contributed by atoms with Gasteiger partial charge in [-0.15, -0.1) is 0 Å². The number of benzene rings is 3. The summed E-state index contributed by atoms with van der Waals surface area (Å²) < 4.78 is 58.3. The quantitative estimate of drug-likeness (QED) is 0.158. The van der Waals surface area contributed by atoms with Crippen molar-refractivity contribution in [3.05, 3.63) is 74.4 Å². The number of carbonyl (C=O) groups excluding carboxylic acids is 1. The molecule has 1 aromatic heterocycles. The number of hydrogen-bond acceptors (Lipinski definition) is 4. The molecular formula is C22H13BrCl2F4N4O2. The molecule has 4 rings (SSSR count). The average molecular weight is 592 g/mol. The van der Waals surface area contributed by atoms with Gasteiger partial charge in [-0.2, -0.15) is 13.2 Å². The minimum atomic E-state index is -4.63. The number of alkyl halides is 3. The Morgan fingerprint density at radius 1 is 1.11 bits per heavy atom. The maximum atomic E-state index is 14.2. The summed E-state index contributed by atoms with van der Waals surface area (Å²) in [5, 5.41) is 5.27. The number of ether oxygens (including phenoxy) is 1. The van der Waals surface area contributed by atoms with E-state index in [1.807, 2.05) is 0 Å². The van der Waals surface area contributed by atoms with Crippen LogP contribution in [0.2, 0.25) is 10.0 Å². The first kappa shape index (κ1) is 25.1. The van der Waals surface area contributed by atoms with Crippen LogP contribution in [0.1, 0.15) is 10.4 Å².